The highest BCUT2D eigenvalue weighted by Gasteiger charge is 2.61. The van der Waals surface area contributed by atoms with Gasteiger partial charge in [0.05, 0.1) is 12.1 Å². The zero-order chi connectivity index (χ0) is 19.4. The van der Waals surface area contributed by atoms with Gasteiger partial charge in [-0.25, -0.2) is 0 Å². The number of amides is 2. The van der Waals surface area contributed by atoms with Crippen LogP contribution in [0.4, 0.5) is 0 Å². The molecule has 2 amide bonds. The van der Waals surface area contributed by atoms with Gasteiger partial charge >= 0.3 is 0 Å². The fourth-order valence-corrected chi connectivity index (χ4v) is 6.01. The molecule has 0 radical (unpaired) electrons. The molecule has 6 heteroatoms. The van der Waals surface area contributed by atoms with Crippen LogP contribution in [-0.4, -0.2) is 17.5 Å². The fourth-order valence-electron chi connectivity index (χ4n) is 5.37. The number of nitrogens with one attached hydrogen (secondary N) is 2. The van der Waals surface area contributed by atoms with E-state index in [4.69, 9.17) is 4.74 Å². The van der Waals surface area contributed by atoms with Crippen LogP contribution in [0.25, 0.3) is 0 Å². The highest BCUT2D eigenvalue weighted by molar-refractivity contribution is 7.09. The van der Waals surface area contributed by atoms with Crippen LogP contribution in [0.2, 0.25) is 0 Å². The van der Waals surface area contributed by atoms with Crippen LogP contribution in [0.5, 0.6) is 5.75 Å². The fraction of sp³-hybridized carbons (Fsp3) is 0.455. The Bertz CT molecular complexity index is 928. The highest BCUT2D eigenvalue weighted by Crippen LogP contribution is 2.58. The molecule has 2 heterocycles. The summed E-state index contributed by atoms with van der Waals surface area (Å²) in [4.78, 5) is 26.9. The van der Waals surface area contributed by atoms with Gasteiger partial charge in [-0.2, -0.15) is 0 Å². The summed E-state index contributed by atoms with van der Waals surface area (Å²) in [6.07, 6.45) is 3.36. The molecule has 2 bridgehead atoms. The number of benzene rings is 1. The number of carbonyl (C=O) groups is 2. The third-order valence-electron chi connectivity index (χ3n) is 6.83. The van der Waals surface area contributed by atoms with Gasteiger partial charge < -0.3 is 15.4 Å². The van der Waals surface area contributed by atoms with Crippen molar-refractivity contribution in [2.24, 2.45) is 17.3 Å². The zero-order valence-electron chi connectivity index (χ0n) is 15.9. The maximum absolute atomic E-state index is 13.0. The van der Waals surface area contributed by atoms with Crippen molar-refractivity contribution in [2.45, 2.75) is 44.9 Å². The van der Waals surface area contributed by atoms with Crippen molar-refractivity contribution in [2.75, 3.05) is 0 Å². The Kier molecular flexibility index (Phi) is 4.02. The predicted octanol–water partition coefficient (Wildman–Crippen LogP) is 3.71. The molecule has 4 aliphatic rings. The molecule has 4 atom stereocenters. The van der Waals surface area contributed by atoms with Crippen LogP contribution in [0.3, 0.4) is 0 Å². The number of rotatable bonds is 3. The monoisotopic (exact) mass is 396 g/mol. The van der Waals surface area contributed by atoms with E-state index in [1.54, 1.807) is 17.4 Å². The van der Waals surface area contributed by atoms with Gasteiger partial charge in [0, 0.05) is 23.1 Å². The van der Waals surface area contributed by atoms with Crippen molar-refractivity contribution in [3.8, 4) is 5.75 Å². The Balaban J connectivity index is 1.37. The van der Waals surface area contributed by atoms with Gasteiger partial charge in [0.1, 0.15) is 5.75 Å². The lowest BCUT2D eigenvalue weighted by molar-refractivity contribution is -0.167. The number of hydrogen-bond donors (Lipinski definition) is 2. The summed E-state index contributed by atoms with van der Waals surface area (Å²) in [6, 6.07) is 11.4. The molecule has 1 spiro atoms. The van der Waals surface area contributed by atoms with E-state index in [9.17, 15) is 9.59 Å². The Morgan fingerprint density at radius 1 is 1.32 bits per heavy atom. The van der Waals surface area contributed by atoms with E-state index in [1.807, 2.05) is 35.7 Å². The normalized spacial score (nSPS) is 33.1. The third-order valence-corrected chi connectivity index (χ3v) is 7.71. The number of para-hydroxylation sites is 1. The quantitative estimate of drug-likeness (QED) is 0.831. The summed E-state index contributed by atoms with van der Waals surface area (Å²) in [7, 11) is 0. The first-order valence-corrected chi connectivity index (χ1v) is 10.8. The minimum absolute atomic E-state index is 0.0468. The Hall–Kier alpha value is -2.34. The van der Waals surface area contributed by atoms with Gasteiger partial charge in [-0.3, -0.25) is 9.59 Å². The van der Waals surface area contributed by atoms with Crippen molar-refractivity contribution in [1.29, 1.82) is 0 Å². The van der Waals surface area contributed by atoms with Crippen LogP contribution in [0.1, 0.15) is 47.8 Å². The summed E-state index contributed by atoms with van der Waals surface area (Å²) in [6.45, 7) is 2.76. The second-order valence-corrected chi connectivity index (χ2v) is 9.63. The number of carbonyl (C=O) groups excluding carboxylic acids is 2. The lowest BCUT2D eigenvalue weighted by Crippen LogP contribution is -2.69. The molecule has 146 valence electrons. The van der Waals surface area contributed by atoms with Crippen LogP contribution in [0.15, 0.2) is 41.8 Å². The lowest BCUT2D eigenvalue weighted by Gasteiger charge is -2.59. The second-order valence-electron chi connectivity index (χ2n) is 8.59. The van der Waals surface area contributed by atoms with E-state index < -0.39 is 5.72 Å². The molecular weight excluding hydrogens is 372 g/mol. The topological polar surface area (TPSA) is 67.4 Å². The summed E-state index contributed by atoms with van der Waals surface area (Å²) in [5.74, 6) is 0.800. The first kappa shape index (κ1) is 17.7. The first-order valence-electron chi connectivity index (χ1n) is 9.90. The van der Waals surface area contributed by atoms with Crippen molar-refractivity contribution >= 4 is 23.2 Å². The summed E-state index contributed by atoms with van der Waals surface area (Å²) in [5, 5.41) is 8.32. The van der Waals surface area contributed by atoms with Crippen molar-refractivity contribution in [3.63, 3.8) is 0 Å². The van der Waals surface area contributed by atoms with Crippen LogP contribution in [0, 0.1) is 17.3 Å². The average molecular weight is 397 g/mol. The number of hydrogen-bond acceptors (Lipinski definition) is 4. The first-order chi connectivity index (χ1) is 13.5. The number of fused-ring (bicyclic) bond motifs is 3. The minimum atomic E-state index is -0.691. The number of ether oxygens (including phenoxy) is 1. The van der Waals surface area contributed by atoms with E-state index >= 15 is 0 Å². The maximum atomic E-state index is 13.0. The molecule has 0 saturated heterocycles. The van der Waals surface area contributed by atoms with Crippen molar-refractivity contribution < 1.29 is 14.3 Å². The maximum Gasteiger partial charge on any atom is 0.258 e. The average Bonchev–Trinajstić information content (AvgIpc) is 3.19. The molecule has 2 aromatic rings. The molecule has 0 unspecified atom stereocenters. The molecule has 28 heavy (non-hydrogen) atoms. The van der Waals surface area contributed by atoms with E-state index in [-0.39, 0.29) is 29.1 Å². The Morgan fingerprint density at radius 2 is 2.18 bits per heavy atom. The Morgan fingerprint density at radius 3 is 2.96 bits per heavy atom. The molecule has 3 saturated carbocycles. The smallest absolute Gasteiger partial charge is 0.258 e. The molecule has 1 aliphatic heterocycles. The minimum Gasteiger partial charge on any atom is -0.467 e. The van der Waals surface area contributed by atoms with Crippen LogP contribution >= 0.6 is 11.3 Å². The molecule has 6 rings (SSSR count). The second kappa shape index (κ2) is 6.34. The van der Waals surface area contributed by atoms with Crippen molar-refractivity contribution in [3.05, 3.63) is 52.2 Å². The SMILES string of the molecule is C[C@]12CC[C@@H](C[C@@H]1C(=O)NCc1cccs1)[C@@]1(C2)NC(=O)c2ccccc2O1. The zero-order valence-corrected chi connectivity index (χ0v) is 16.7. The summed E-state index contributed by atoms with van der Waals surface area (Å²) >= 11 is 1.66. The van der Waals surface area contributed by atoms with E-state index in [2.05, 4.69) is 17.6 Å². The summed E-state index contributed by atoms with van der Waals surface area (Å²) in [5.41, 5.74) is -0.290. The van der Waals surface area contributed by atoms with Gasteiger partial charge in [0.25, 0.3) is 5.91 Å². The molecule has 2 N–H and O–H groups in total. The van der Waals surface area contributed by atoms with Gasteiger partial charge in [0.15, 0.2) is 5.72 Å². The largest absolute Gasteiger partial charge is 0.467 e. The predicted molar refractivity (Wildman–Crippen MR) is 107 cm³/mol. The van der Waals surface area contributed by atoms with Gasteiger partial charge in [-0.15, -0.1) is 11.3 Å². The molecule has 1 aromatic carbocycles. The summed E-state index contributed by atoms with van der Waals surface area (Å²) < 4.78 is 6.41. The molecule has 3 fully saturated rings. The standard InChI is InChI=1S/C22H24N2O3S/c1-21-9-8-14(11-17(21)20(26)23-12-15-5-4-10-28-15)22(13-21)24-19(25)16-6-2-3-7-18(16)27-22/h2-7,10,14,17H,8-9,11-13H2,1H3,(H,23,26)(H,24,25)/t14-,17+,21+,22-/m0/s1. The molecular formula is C22H24N2O3S. The van der Waals surface area contributed by atoms with Gasteiger partial charge in [-0.1, -0.05) is 25.1 Å². The van der Waals surface area contributed by atoms with Crippen molar-refractivity contribution in [1.82, 2.24) is 10.6 Å². The molecule has 1 aromatic heterocycles. The van der Waals surface area contributed by atoms with E-state index in [1.165, 1.54) is 0 Å². The van der Waals surface area contributed by atoms with E-state index in [0.29, 0.717) is 24.3 Å². The molecule has 3 aliphatic carbocycles. The Labute approximate surface area is 168 Å². The number of thiophene rings is 1. The van der Waals surface area contributed by atoms with E-state index in [0.717, 1.165) is 24.1 Å². The van der Waals surface area contributed by atoms with Gasteiger partial charge in [-0.05, 0) is 48.3 Å². The lowest BCUT2D eigenvalue weighted by atomic mass is 9.52. The molecule has 5 nitrogen and oxygen atoms in total. The van der Waals surface area contributed by atoms with Crippen LogP contribution in [-0.2, 0) is 11.3 Å². The van der Waals surface area contributed by atoms with Crippen LogP contribution < -0.4 is 15.4 Å². The van der Waals surface area contributed by atoms with Gasteiger partial charge in [0.2, 0.25) is 5.91 Å². The third kappa shape index (κ3) is 2.73. The highest BCUT2D eigenvalue weighted by atomic mass is 32.1.